The van der Waals surface area contributed by atoms with Crippen LogP contribution in [0.25, 0.3) is 0 Å². The minimum atomic E-state index is -1.83. The molecule has 0 unspecified atom stereocenters. The number of rotatable bonds is 4. The summed E-state index contributed by atoms with van der Waals surface area (Å²) in [7, 11) is -1.83. The summed E-state index contributed by atoms with van der Waals surface area (Å²) in [4.78, 5) is 0. The molecule has 0 aromatic heterocycles. The topological polar surface area (TPSA) is 35.5 Å². The van der Waals surface area contributed by atoms with Gasteiger partial charge in [0.05, 0.1) is 0 Å². The summed E-state index contributed by atoms with van der Waals surface area (Å²) >= 11 is 0. The van der Waals surface area contributed by atoms with Crippen molar-refractivity contribution in [1.82, 2.24) is 0 Å². The second-order valence-corrected chi connectivity index (χ2v) is 2.02. The Morgan fingerprint density at radius 2 is 1.56 bits per heavy atom. The fourth-order valence-corrected chi connectivity index (χ4v) is 0.744. The van der Waals surface area contributed by atoms with E-state index >= 15 is 0 Å². The molecule has 1 radical (unpaired) electrons. The summed E-state index contributed by atoms with van der Waals surface area (Å²) in [5.74, 6) is 0. The monoisotopic (exact) mass is 200 g/mol. The fraction of sp³-hybridized carbons (Fsp3) is 1.00. The van der Waals surface area contributed by atoms with Gasteiger partial charge in [0.2, 0.25) is 0 Å². The van der Waals surface area contributed by atoms with Crippen molar-refractivity contribution in [3.05, 3.63) is 0 Å². The Bertz CT molecular complexity index is 70.2. The molecule has 0 N–H and O–H groups in total. The van der Waals surface area contributed by atoms with Crippen LogP contribution in [0.4, 0.5) is 0 Å². The Kier molecular flexibility index (Phi) is 11.6. The van der Waals surface area contributed by atoms with Crippen molar-refractivity contribution in [3.63, 3.8) is 0 Å². The van der Waals surface area contributed by atoms with Gasteiger partial charge in [-0.3, -0.25) is 0 Å². The molecule has 0 fully saturated rings. The summed E-state index contributed by atoms with van der Waals surface area (Å²) in [6.07, 6.45) is 0. The molecular weight excluding hydrogens is 191 g/mol. The Morgan fingerprint density at radius 3 is 1.78 bits per heavy atom. The first-order valence-corrected chi connectivity index (χ1v) is 3.63. The van der Waals surface area contributed by atoms with Crippen LogP contribution in [-0.2, 0) is 30.7 Å². The van der Waals surface area contributed by atoms with Gasteiger partial charge in [0.15, 0.2) is 0 Å². The van der Waals surface area contributed by atoms with Crippen LogP contribution < -0.4 is 0 Å². The maximum atomic E-state index is 10.3. The van der Waals surface area contributed by atoms with Crippen LogP contribution in [0.3, 0.4) is 0 Å². The first-order chi connectivity index (χ1) is 3.81. The van der Waals surface area contributed by atoms with Crippen LogP contribution in [0.5, 0.6) is 0 Å². The van der Waals surface area contributed by atoms with E-state index in [2.05, 4.69) is 9.05 Å². The Labute approximate surface area is 66.5 Å². The minimum Gasteiger partial charge on any atom is -0.119 e. The van der Waals surface area contributed by atoms with Gasteiger partial charge in [-0.2, -0.15) is 0 Å². The molecule has 0 heterocycles. The predicted molar refractivity (Wildman–Crippen MR) is 30.9 cm³/mol. The molecule has 0 amide bonds. The van der Waals surface area contributed by atoms with Gasteiger partial charge in [-0.25, -0.2) is 0 Å². The first kappa shape index (κ1) is 12.2. The molecule has 0 aliphatic rings. The largest absolute Gasteiger partial charge is 0.697 e. The van der Waals surface area contributed by atoms with Crippen molar-refractivity contribution in [2.24, 2.45) is 0 Å². The number of hydrogen-bond donors (Lipinski definition) is 0. The second kappa shape index (κ2) is 8.54. The van der Waals surface area contributed by atoms with E-state index in [1.54, 1.807) is 13.8 Å². The molecule has 0 saturated carbocycles. The maximum Gasteiger partial charge on any atom is 0.697 e. The van der Waals surface area contributed by atoms with Crippen molar-refractivity contribution < 1.29 is 30.7 Å². The number of hydrogen-bond acceptors (Lipinski definition) is 3. The normalized spacial score (nSPS) is 8.22. The van der Waals surface area contributed by atoms with Gasteiger partial charge in [-0.05, 0) is 13.8 Å². The van der Waals surface area contributed by atoms with E-state index in [1.807, 2.05) is 0 Å². The molecule has 0 aliphatic carbocycles. The zero-order chi connectivity index (χ0) is 6.41. The van der Waals surface area contributed by atoms with Crippen molar-refractivity contribution >= 4 is 8.25 Å². The molecule has 0 aromatic carbocycles. The molecule has 0 spiro atoms. The van der Waals surface area contributed by atoms with Crippen molar-refractivity contribution in [2.45, 2.75) is 13.8 Å². The molecule has 0 atom stereocenters. The van der Waals surface area contributed by atoms with E-state index in [9.17, 15) is 4.57 Å². The molecule has 0 rings (SSSR count). The second-order valence-electron chi connectivity index (χ2n) is 1.06. The minimum absolute atomic E-state index is 0. The van der Waals surface area contributed by atoms with E-state index in [0.717, 1.165) is 0 Å². The summed E-state index contributed by atoms with van der Waals surface area (Å²) in [5, 5.41) is 0. The summed E-state index contributed by atoms with van der Waals surface area (Å²) in [5.41, 5.74) is 0. The Balaban J connectivity index is 0. The van der Waals surface area contributed by atoms with E-state index in [-0.39, 0.29) is 17.1 Å². The summed E-state index contributed by atoms with van der Waals surface area (Å²) in [6.45, 7) is 4.42. The van der Waals surface area contributed by atoms with Gasteiger partial charge in [-0.15, -0.1) is 9.05 Å². The van der Waals surface area contributed by atoms with Crippen molar-refractivity contribution in [1.29, 1.82) is 0 Å². The smallest absolute Gasteiger partial charge is 0.119 e. The van der Waals surface area contributed by atoms with Crippen LogP contribution >= 0.6 is 8.25 Å². The fourth-order valence-electron chi connectivity index (χ4n) is 0.248. The van der Waals surface area contributed by atoms with Crippen LogP contribution in [-0.4, -0.2) is 13.2 Å². The van der Waals surface area contributed by atoms with Gasteiger partial charge in [0.1, 0.15) is 13.2 Å². The summed E-state index contributed by atoms with van der Waals surface area (Å²) in [6, 6.07) is 0. The Morgan fingerprint density at radius 1 is 1.22 bits per heavy atom. The third-order valence-electron chi connectivity index (χ3n) is 0.469. The van der Waals surface area contributed by atoms with Crippen LogP contribution in [0.15, 0.2) is 0 Å². The van der Waals surface area contributed by atoms with Crippen molar-refractivity contribution in [2.75, 3.05) is 13.2 Å². The first-order valence-electron chi connectivity index (χ1n) is 2.54. The van der Waals surface area contributed by atoms with Crippen LogP contribution in [0.1, 0.15) is 13.8 Å². The zero-order valence-corrected chi connectivity index (χ0v) is 7.22. The van der Waals surface area contributed by atoms with Crippen LogP contribution in [0.2, 0.25) is 0 Å². The van der Waals surface area contributed by atoms with E-state index in [0.29, 0.717) is 13.2 Å². The molecule has 9 heavy (non-hydrogen) atoms. The van der Waals surface area contributed by atoms with Crippen molar-refractivity contribution in [3.8, 4) is 0 Å². The van der Waals surface area contributed by atoms with Gasteiger partial charge in [-0.1, -0.05) is 0 Å². The predicted octanol–water partition coefficient (Wildman–Crippen LogP) is 1.71. The van der Waals surface area contributed by atoms with Gasteiger partial charge >= 0.3 is 8.25 Å². The third kappa shape index (κ3) is 8.54. The quantitative estimate of drug-likeness (QED) is 0.512. The third-order valence-corrected chi connectivity index (χ3v) is 1.41. The Hall–Kier alpha value is 0.539. The van der Waals surface area contributed by atoms with E-state index in [1.165, 1.54) is 0 Å². The maximum absolute atomic E-state index is 10.3. The summed E-state index contributed by atoms with van der Waals surface area (Å²) < 4.78 is 19.5. The average Bonchev–Trinajstić information content (AvgIpc) is 1.68. The van der Waals surface area contributed by atoms with E-state index < -0.39 is 8.25 Å². The van der Waals surface area contributed by atoms with Gasteiger partial charge in [0.25, 0.3) is 0 Å². The SMILES string of the molecule is CCO[P+](=O)OCC.[Cu]. The molecule has 3 nitrogen and oxygen atoms in total. The molecule has 0 bridgehead atoms. The molecule has 5 heteroatoms. The van der Waals surface area contributed by atoms with Gasteiger partial charge in [0, 0.05) is 21.6 Å². The standard InChI is InChI=1S/C4H10O3P.Cu/c1-3-6-8(5)7-4-2;/h3-4H2,1-2H3;/q+1;. The molecule has 59 valence electrons. The molecule has 0 saturated heterocycles. The molecule has 0 aliphatic heterocycles. The van der Waals surface area contributed by atoms with Gasteiger partial charge < -0.3 is 0 Å². The van der Waals surface area contributed by atoms with E-state index in [4.69, 9.17) is 0 Å². The van der Waals surface area contributed by atoms with Crippen LogP contribution in [0, 0.1) is 0 Å². The molecular formula is C4H10CuO3P+. The average molecular weight is 201 g/mol. The molecule has 0 aromatic rings. The zero-order valence-electron chi connectivity index (χ0n) is 5.39.